The van der Waals surface area contributed by atoms with Crippen molar-refractivity contribution in [2.75, 3.05) is 36.4 Å². The molecule has 0 aromatic heterocycles. The first-order valence-electron chi connectivity index (χ1n) is 11.5. The van der Waals surface area contributed by atoms with Crippen LogP contribution < -0.4 is 15.5 Å². The third-order valence-corrected chi connectivity index (χ3v) is 7.18. The van der Waals surface area contributed by atoms with Gasteiger partial charge in [0.05, 0.1) is 10.7 Å². The van der Waals surface area contributed by atoms with Crippen molar-refractivity contribution in [1.82, 2.24) is 10.2 Å². The second kappa shape index (κ2) is 11.4. The number of amides is 2. The smallest absolute Gasteiger partial charge is 0.258 e. The molecule has 1 fully saturated rings. The van der Waals surface area contributed by atoms with E-state index in [1.807, 2.05) is 54.3 Å². The van der Waals surface area contributed by atoms with Crippen molar-refractivity contribution in [3.05, 3.63) is 69.7 Å². The highest BCUT2D eigenvalue weighted by Gasteiger charge is 2.22. The van der Waals surface area contributed by atoms with Crippen LogP contribution >= 0.6 is 39.7 Å². The lowest BCUT2D eigenvalue weighted by atomic mass is 10.0. The number of benzene rings is 3. The Kier molecular flexibility index (Phi) is 8.26. The van der Waals surface area contributed by atoms with Gasteiger partial charge in [0.15, 0.2) is 5.11 Å². The molecule has 0 unspecified atom stereocenters. The van der Waals surface area contributed by atoms with Gasteiger partial charge in [0.2, 0.25) is 5.91 Å². The Hall–Kier alpha value is -2.68. The van der Waals surface area contributed by atoms with Gasteiger partial charge in [-0.25, -0.2) is 0 Å². The summed E-state index contributed by atoms with van der Waals surface area (Å²) in [4.78, 5) is 29.1. The van der Waals surface area contributed by atoms with Crippen molar-refractivity contribution in [1.29, 1.82) is 0 Å². The third kappa shape index (κ3) is 5.94. The molecule has 0 radical (unpaired) electrons. The highest BCUT2D eigenvalue weighted by molar-refractivity contribution is 9.10. The summed E-state index contributed by atoms with van der Waals surface area (Å²) in [5.74, 6) is -0.0751. The predicted molar refractivity (Wildman–Crippen MR) is 150 cm³/mol. The summed E-state index contributed by atoms with van der Waals surface area (Å²) in [6, 6.07) is 16.9. The predicted octanol–water partition coefficient (Wildman–Crippen LogP) is 5.83. The number of fused-ring (bicyclic) bond motifs is 1. The number of anilines is 2. The van der Waals surface area contributed by atoms with Crippen LogP contribution in [0.3, 0.4) is 0 Å². The van der Waals surface area contributed by atoms with Crippen molar-refractivity contribution >= 4 is 78.8 Å². The zero-order valence-corrected chi connectivity index (χ0v) is 22.5. The zero-order chi connectivity index (χ0) is 24.9. The van der Waals surface area contributed by atoms with Gasteiger partial charge in [0.25, 0.3) is 5.91 Å². The molecule has 0 aliphatic carbocycles. The third-order valence-electron chi connectivity index (χ3n) is 5.98. The summed E-state index contributed by atoms with van der Waals surface area (Å²) < 4.78 is 0.925. The first-order valence-corrected chi connectivity index (χ1v) is 13.1. The molecule has 182 valence electrons. The molecule has 3 aromatic rings. The Morgan fingerprint density at radius 3 is 2.46 bits per heavy atom. The molecule has 35 heavy (non-hydrogen) atoms. The van der Waals surface area contributed by atoms with Crippen LogP contribution in [0.5, 0.6) is 0 Å². The van der Waals surface area contributed by atoms with Crippen molar-refractivity contribution in [3.63, 3.8) is 0 Å². The van der Waals surface area contributed by atoms with Crippen molar-refractivity contribution < 1.29 is 9.59 Å². The van der Waals surface area contributed by atoms with Gasteiger partial charge < -0.3 is 15.1 Å². The van der Waals surface area contributed by atoms with E-state index in [1.54, 1.807) is 12.1 Å². The lowest BCUT2D eigenvalue weighted by Gasteiger charge is -2.36. The van der Waals surface area contributed by atoms with E-state index in [9.17, 15) is 9.59 Å². The fourth-order valence-electron chi connectivity index (χ4n) is 4.21. The van der Waals surface area contributed by atoms with Gasteiger partial charge in [-0.2, -0.15) is 0 Å². The summed E-state index contributed by atoms with van der Waals surface area (Å²) in [7, 11) is 0. The maximum atomic E-state index is 12.9. The Labute approximate surface area is 223 Å². The second-order valence-corrected chi connectivity index (χ2v) is 10.0. The van der Waals surface area contributed by atoms with Gasteiger partial charge in [-0.15, -0.1) is 0 Å². The number of thiocarbonyl (C=S) groups is 1. The summed E-state index contributed by atoms with van der Waals surface area (Å²) in [5, 5.41) is 8.36. The Balaban J connectivity index is 1.38. The van der Waals surface area contributed by atoms with E-state index in [0.717, 1.165) is 40.4 Å². The van der Waals surface area contributed by atoms with Crippen molar-refractivity contribution in [2.24, 2.45) is 0 Å². The SMILES string of the molecule is CCCC(=O)N1CCN(c2ccc(NC(=S)NC(=O)c3cccc4c(Br)cccc34)cc2Cl)CC1. The fourth-order valence-corrected chi connectivity index (χ4v) is 5.22. The molecule has 0 saturated carbocycles. The molecule has 1 heterocycles. The molecule has 0 spiro atoms. The van der Waals surface area contributed by atoms with Gasteiger partial charge in [-0.3, -0.25) is 14.9 Å². The monoisotopic (exact) mass is 572 g/mol. The average Bonchev–Trinajstić information content (AvgIpc) is 2.84. The molecule has 1 aliphatic heterocycles. The minimum atomic E-state index is -0.288. The van der Waals surface area contributed by atoms with Crippen LogP contribution in [0, 0.1) is 0 Å². The van der Waals surface area contributed by atoms with Gasteiger partial charge in [0, 0.05) is 48.3 Å². The average molecular weight is 574 g/mol. The molecule has 3 aromatic carbocycles. The van der Waals surface area contributed by atoms with Gasteiger partial charge in [-0.1, -0.05) is 58.7 Å². The Bertz CT molecular complexity index is 1280. The molecule has 9 heteroatoms. The van der Waals surface area contributed by atoms with E-state index in [0.29, 0.717) is 35.8 Å². The van der Waals surface area contributed by atoms with Gasteiger partial charge in [0.1, 0.15) is 0 Å². The highest BCUT2D eigenvalue weighted by Crippen LogP contribution is 2.30. The molecule has 2 N–H and O–H groups in total. The quantitative estimate of drug-likeness (QED) is 0.376. The molecule has 0 atom stereocenters. The van der Waals surface area contributed by atoms with Gasteiger partial charge >= 0.3 is 0 Å². The molecule has 0 bridgehead atoms. The number of carbonyl (C=O) groups is 2. The van der Waals surface area contributed by atoms with E-state index >= 15 is 0 Å². The lowest BCUT2D eigenvalue weighted by Crippen LogP contribution is -2.48. The van der Waals surface area contributed by atoms with E-state index in [4.69, 9.17) is 23.8 Å². The van der Waals surface area contributed by atoms with Crippen LogP contribution in [0.4, 0.5) is 11.4 Å². The van der Waals surface area contributed by atoms with Crippen LogP contribution in [0.25, 0.3) is 10.8 Å². The fraction of sp³-hybridized carbons (Fsp3) is 0.269. The minimum Gasteiger partial charge on any atom is -0.367 e. The molecule has 1 saturated heterocycles. The number of rotatable bonds is 5. The summed E-state index contributed by atoms with van der Waals surface area (Å²) in [6.07, 6.45) is 1.46. The van der Waals surface area contributed by atoms with Crippen molar-refractivity contribution in [3.8, 4) is 0 Å². The van der Waals surface area contributed by atoms with Gasteiger partial charge in [-0.05, 0) is 59.7 Å². The van der Waals surface area contributed by atoms with E-state index in [1.165, 1.54) is 0 Å². The topological polar surface area (TPSA) is 64.7 Å². The zero-order valence-electron chi connectivity index (χ0n) is 19.3. The molecular weight excluding hydrogens is 548 g/mol. The minimum absolute atomic E-state index is 0.189. The first kappa shape index (κ1) is 25.4. The standard InChI is InChI=1S/C26H26BrClN4O2S/c1-2-5-24(33)32-14-12-31(13-15-32)23-11-10-17(16-22(23)28)29-26(35)30-25(34)20-8-3-7-19-18(20)6-4-9-21(19)27/h3-4,6-11,16H,2,5,12-15H2,1H3,(H2,29,30,34,35). The van der Waals surface area contributed by atoms with Crippen LogP contribution in [-0.2, 0) is 4.79 Å². The molecule has 6 nitrogen and oxygen atoms in total. The van der Waals surface area contributed by atoms with E-state index in [-0.39, 0.29) is 16.9 Å². The Morgan fingerprint density at radius 1 is 1.03 bits per heavy atom. The van der Waals surface area contributed by atoms with Crippen LogP contribution in [0.2, 0.25) is 5.02 Å². The molecule has 2 amide bonds. The maximum Gasteiger partial charge on any atom is 0.258 e. The Morgan fingerprint density at radius 2 is 1.74 bits per heavy atom. The largest absolute Gasteiger partial charge is 0.367 e. The van der Waals surface area contributed by atoms with Crippen LogP contribution in [-0.4, -0.2) is 48.0 Å². The van der Waals surface area contributed by atoms with Crippen LogP contribution in [0.1, 0.15) is 30.1 Å². The number of hydrogen-bond donors (Lipinski definition) is 2. The number of nitrogens with one attached hydrogen (secondary N) is 2. The number of piperazine rings is 1. The number of hydrogen-bond acceptors (Lipinski definition) is 4. The molecule has 1 aliphatic rings. The summed E-state index contributed by atoms with van der Waals surface area (Å²) in [5.41, 5.74) is 2.13. The van der Waals surface area contributed by atoms with Crippen molar-refractivity contribution in [2.45, 2.75) is 19.8 Å². The second-order valence-electron chi connectivity index (χ2n) is 8.33. The van der Waals surface area contributed by atoms with E-state index in [2.05, 4.69) is 31.5 Å². The number of carbonyl (C=O) groups excluding carboxylic acids is 2. The normalized spacial score (nSPS) is 13.6. The maximum absolute atomic E-state index is 12.9. The van der Waals surface area contributed by atoms with E-state index < -0.39 is 0 Å². The number of halogens is 2. The lowest BCUT2D eigenvalue weighted by molar-refractivity contribution is -0.131. The number of nitrogens with zero attached hydrogens (tertiary/aromatic N) is 2. The molecule has 4 rings (SSSR count). The summed E-state index contributed by atoms with van der Waals surface area (Å²) in [6.45, 7) is 4.87. The highest BCUT2D eigenvalue weighted by atomic mass is 79.9. The van der Waals surface area contributed by atoms with Crippen LogP contribution in [0.15, 0.2) is 59.1 Å². The first-order chi connectivity index (χ1) is 16.9. The molecular formula is C26H26BrClN4O2S. The summed E-state index contributed by atoms with van der Waals surface area (Å²) >= 11 is 15.5.